The smallest absolute Gasteiger partial charge is 0.106 e. The molecule has 1 aliphatic heterocycles. The van der Waals surface area contributed by atoms with E-state index in [0.717, 1.165) is 0 Å². The molecular weight excluding hydrogens is 332 g/mol. The van der Waals surface area contributed by atoms with Crippen LogP contribution >= 0.6 is 0 Å². The van der Waals surface area contributed by atoms with Crippen LogP contribution in [0.1, 0.15) is 86.8 Å². The van der Waals surface area contributed by atoms with Gasteiger partial charge in [0.2, 0.25) is 0 Å². The zero-order chi connectivity index (χ0) is 19.1. The van der Waals surface area contributed by atoms with E-state index in [0.29, 0.717) is 19.1 Å². The van der Waals surface area contributed by atoms with Gasteiger partial charge in [0.05, 0.1) is 13.2 Å². The van der Waals surface area contributed by atoms with Crippen molar-refractivity contribution in [3.63, 3.8) is 0 Å². The zero-order valence-electron chi connectivity index (χ0n) is 17.1. The molecular formula is C25H34O2. The number of hydrogen-bond acceptors (Lipinski definition) is 2. The Labute approximate surface area is 164 Å². The highest BCUT2D eigenvalue weighted by Crippen LogP contribution is 2.30. The molecule has 2 nitrogen and oxygen atoms in total. The molecule has 2 atom stereocenters. The molecule has 2 aromatic carbocycles. The summed E-state index contributed by atoms with van der Waals surface area (Å²) in [6, 6.07) is 17.7. The Bertz CT molecular complexity index is 664. The molecule has 146 valence electrons. The lowest BCUT2D eigenvalue weighted by Crippen LogP contribution is -2.25. The first-order chi connectivity index (χ1) is 13.2. The molecule has 1 aliphatic rings. The molecule has 0 aliphatic carbocycles. The summed E-state index contributed by atoms with van der Waals surface area (Å²) in [5, 5.41) is 0. The second-order valence-corrected chi connectivity index (χ2v) is 8.02. The van der Waals surface area contributed by atoms with Crippen LogP contribution in [0.3, 0.4) is 0 Å². The lowest BCUT2D eigenvalue weighted by molar-refractivity contribution is -0.137. The van der Waals surface area contributed by atoms with Gasteiger partial charge < -0.3 is 9.47 Å². The molecule has 0 N–H and O–H groups in total. The third-order valence-electron chi connectivity index (χ3n) is 5.54. The van der Waals surface area contributed by atoms with Gasteiger partial charge in [0, 0.05) is 0 Å². The van der Waals surface area contributed by atoms with Crippen molar-refractivity contribution >= 4 is 0 Å². The second kappa shape index (κ2) is 10.1. The molecule has 1 saturated heterocycles. The van der Waals surface area contributed by atoms with Gasteiger partial charge in [0.1, 0.15) is 12.2 Å². The van der Waals surface area contributed by atoms with Crippen LogP contribution in [-0.4, -0.2) is 13.2 Å². The van der Waals surface area contributed by atoms with E-state index >= 15 is 0 Å². The number of aryl methyl sites for hydroxylation is 1. The van der Waals surface area contributed by atoms with Gasteiger partial charge in [0.25, 0.3) is 0 Å². The van der Waals surface area contributed by atoms with E-state index < -0.39 is 0 Å². The van der Waals surface area contributed by atoms with Crippen LogP contribution in [0, 0.1) is 0 Å². The summed E-state index contributed by atoms with van der Waals surface area (Å²) in [7, 11) is 0. The monoisotopic (exact) mass is 366 g/mol. The van der Waals surface area contributed by atoms with Crippen LogP contribution in [0.2, 0.25) is 0 Å². The highest BCUT2D eigenvalue weighted by Gasteiger charge is 2.24. The van der Waals surface area contributed by atoms with Gasteiger partial charge >= 0.3 is 0 Å². The molecule has 2 aromatic rings. The first-order valence-electron chi connectivity index (χ1n) is 10.6. The van der Waals surface area contributed by atoms with Gasteiger partial charge in [-0.05, 0) is 41.0 Å². The van der Waals surface area contributed by atoms with Crippen molar-refractivity contribution in [2.45, 2.75) is 71.0 Å². The topological polar surface area (TPSA) is 18.5 Å². The van der Waals surface area contributed by atoms with Gasteiger partial charge in [0.15, 0.2) is 0 Å². The van der Waals surface area contributed by atoms with Crippen LogP contribution < -0.4 is 0 Å². The van der Waals surface area contributed by atoms with Gasteiger partial charge in [-0.1, -0.05) is 88.6 Å². The number of ether oxygens (including phenoxy) is 2. The van der Waals surface area contributed by atoms with Crippen molar-refractivity contribution in [1.82, 2.24) is 0 Å². The van der Waals surface area contributed by atoms with Gasteiger partial charge in [-0.3, -0.25) is 0 Å². The van der Waals surface area contributed by atoms with E-state index in [1.165, 1.54) is 54.4 Å². The van der Waals surface area contributed by atoms with Crippen LogP contribution in [0.25, 0.3) is 0 Å². The maximum absolute atomic E-state index is 6.14. The fourth-order valence-electron chi connectivity index (χ4n) is 3.64. The van der Waals surface area contributed by atoms with Crippen molar-refractivity contribution in [2.24, 2.45) is 0 Å². The van der Waals surface area contributed by atoms with Crippen molar-refractivity contribution in [2.75, 3.05) is 13.2 Å². The van der Waals surface area contributed by atoms with E-state index in [9.17, 15) is 0 Å². The Kier molecular flexibility index (Phi) is 7.49. The zero-order valence-corrected chi connectivity index (χ0v) is 17.1. The van der Waals surface area contributed by atoms with E-state index in [-0.39, 0.29) is 12.2 Å². The standard InChI is InChI=1S/C25H34O2/c1-4-5-6-7-8-20-9-11-22(12-10-20)24-17-27-25(18-26-24)23-15-13-21(14-16-23)19(2)3/h9-16,19,24-25H,4-8,17-18H2,1-3H3/t24-,25+/m1/s1. The lowest BCUT2D eigenvalue weighted by atomic mass is 9.99. The second-order valence-electron chi connectivity index (χ2n) is 8.02. The Morgan fingerprint density at radius 2 is 1.33 bits per heavy atom. The summed E-state index contributed by atoms with van der Waals surface area (Å²) >= 11 is 0. The fraction of sp³-hybridized carbons (Fsp3) is 0.520. The number of unbranched alkanes of at least 4 members (excludes halogenated alkanes) is 3. The third kappa shape index (κ3) is 5.67. The molecule has 2 heteroatoms. The molecule has 1 fully saturated rings. The van der Waals surface area contributed by atoms with Crippen molar-refractivity contribution in [3.05, 3.63) is 70.8 Å². The van der Waals surface area contributed by atoms with Gasteiger partial charge in [-0.25, -0.2) is 0 Å². The van der Waals surface area contributed by atoms with E-state index in [1.54, 1.807) is 0 Å². The summed E-state index contributed by atoms with van der Waals surface area (Å²) in [6.45, 7) is 7.93. The molecule has 27 heavy (non-hydrogen) atoms. The van der Waals surface area contributed by atoms with E-state index in [2.05, 4.69) is 69.3 Å². The molecule has 0 bridgehead atoms. The highest BCUT2D eigenvalue weighted by atomic mass is 16.6. The Balaban J connectivity index is 1.50. The molecule has 0 spiro atoms. The minimum atomic E-state index is 0.0419. The predicted molar refractivity (Wildman–Crippen MR) is 112 cm³/mol. The van der Waals surface area contributed by atoms with Gasteiger partial charge in [-0.15, -0.1) is 0 Å². The Morgan fingerprint density at radius 1 is 0.778 bits per heavy atom. The Morgan fingerprint density at radius 3 is 1.81 bits per heavy atom. The summed E-state index contributed by atoms with van der Waals surface area (Å²) in [5.74, 6) is 0.557. The molecule has 0 unspecified atom stereocenters. The SMILES string of the molecule is CCCCCCc1ccc([C@H]2CO[C@H](c3ccc(C(C)C)cc3)CO2)cc1. The van der Waals surface area contributed by atoms with Crippen molar-refractivity contribution < 1.29 is 9.47 Å². The average Bonchev–Trinajstić information content (AvgIpc) is 2.72. The maximum Gasteiger partial charge on any atom is 0.106 e. The molecule has 0 amide bonds. The first-order valence-corrected chi connectivity index (χ1v) is 10.6. The minimum Gasteiger partial charge on any atom is -0.368 e. The fourth-order valence-corrected chi connectivity index (χ4v) is 3.64. The predicted octanol–water partition coefficient (Wildman–Crippen LogP) is 6.76. The summed E-state index contributed by atoms with van der Waals surface area (Å²) < 4.78 is 12.3. The summed E-state index contributed by atoms with van der Waals surface area (Å²) in [4.78, 5) is 0. The van der Waals surface area contributed by atoms with Crippen molar-refractivity contribution in [3.8, 4) is 0 Å². The quantitative estimate of drug-likeness (QED) is 0.480. The van der Waals surface area contributed by atoms with Gasteiger partial charge in [-0.2, -0.15) is 0 Å². The molecule has 0 aromatic heterocycles. The Hall–Kier alpha value is -1.64. The molecule has 0 radical (unpaired) electrons. The third-order valence-corrected chi connectivity index (χ3v) is 5.54. The van der Waals surface area contributed by atoms with E-state index in [4.69, 9.17) is 9.47 Å². The number of benzene rings is 2. The van der Waals surface area contributed by atoms with E-state index in [1.807, 2.05) is 0 Å². The number of hydrogen-bond donors (Lipinski definition) is 0. The summed E-state index contributed by atoms with van der Waals surface area (Å²) in [6.07, 6.45) is 6.51. The van der Waals surface area contributed by atoms with Crippen LogP contribution in [0.15, 0.2) is 48.5 Å². The lowest BCUT2D eigenvalue weighted by Gasteiger charge is -2.30. The largest absolute Gasteiger partial charge is 0.368 e. The normalized spacial score (nSPS) is 20.1. The highest BCUT2D eigenvalue weighted by molar-refractivity contribution is 5.27. The molecule has 1 heterocycles. The summed E-state index contributed by atoms with van der Waals surface area (Å²) in [5.41, 5.74) is 5.22. The first kappa shape index (κ1) is 20.1. The maximum atomic E-state index is 6.14. The molecule has 0 saturated carbocycles. The average molecular weight is 367 g/mol. The number of rotatable bonds is 8. The van der Waals surface area contributed by atoms with Crippen molar-refractivity contribution in [1.29, 1.82) is 0 Å². The van der Waals surface area contributed by atoms with Crippen LogP contribution in [0.5, 0.6) is 0 Å². The molecule has 3 rings (SSSR count). The van der Waals surface area contributed by atoms with Crippen LogP contribution in [0.4, 0.5) is 0 Å². The van der Waals surface area contributed by atoms with Crippen LogP contribution in [-0.2, 0) is 15.9 Å². The minimum absolute atomic E-state index is 0.0419.